The lowest BCUT2D eigenvalue weighted by atomic mass is 10.1. The molecule has 0 amide bonds. The maximum absolute atomic E-state index is 12.5. The molecule has 1 heterocycles. The Hall–Kier alpha value is -0.270. The lowest BCUT2D eigenvalue weighted by Crippen LogP contribution is -2.44. The van der Waals surface area contributed by atoms with Gasteiger partial charge in [-0.25, -0.2) is 8.42 Å². The third kappa shape index (κ3) is 3.86. The normalized spacial score (nSPS) is 25.8. The van der Waals surface area contributed by atoms with Crippen LogP contribution in [0.4, 0.5) is 8.78 Å². The summed E-state index contributed by atoms with van der Waals surface area (Å²) in [7, 11) is -4.53. The van der Waals surface area contributed by atoms with Gasteiger partial charge in [0.15, 0.2) is 0 Å². The van der Waals surface area contributed by atoms with Crippen LogP contribution in [0.25, 0.3) is 0 Å². The van der Waals surface area contributed by atoms with Crippen LogP contribution in [0.15, 0.2) is 0 Å². The fraction of sp³-hybridized carbons (Fsp3) is 1.00. The molecule has 2 atom stereocenters. The highest BCUT2D eigenvalue weighted by atomic mass is 32.2. The Labute approximate surface area is 101 Å². The number of rotatable bonds is 4. The maximum Gasteiger partial charge on any atom is 0.350 e. The molecule has 1 aliphatic rings. The number of nitrogens with zero attached hydrogens (tertiary/aromatic N) is 1. The molecule has 0 saturated carbocycles. The maximum atomic E-state index is 12.5. The van der Waals surface area contributed by atoms with Gasteiger partial charge in [-0.1, -0.05) is 12.8 Å². The van der Waals surface area contributed by atoms with E-state index in [0.29, 0.717) is 12.8 Å². The Morgan fingerprint density at radius 1 is 1.35 bits per heavy atom. The van der Waals surface area contributed by atoms with Crippen molar-refractivity contribution in [3.8, 4) is 0 Å². The smallest absolute Gasteiger partial charge is 0.350 e. The molecule has 17 heavy (non-hydrogen) atoms. The van der Waals surface area contributed by atoms with Crippen LogP contribution < -0.4 is 0 Å². The Balaban J connectivity index is 2.89. The molecule has 0 bridgehead atoms. The molecular formula is C10H19F2NO3S. The SMILES string of the molecule is CC(O)CC1CCCCCN1S(=O)(=O)C(F)F. The molecule has 0 aromatic rings. The quantitative estimate of drug-likeness (QED) is 0.844. The predicted octanol–water partition coefficient (Wildman–Crippen LogP) is 1.55. The minimum Gasteiger partial charge on any atom is -0.393 e. The van der Waals surface area contributed by atoms with Crippen LogP contribution in [-0.4, -0.2) is 42.3 Å². The molecule has 1 saturated heterocycles. The summed E-state index contributed by atoms with van der Waals surface area (Å²) in [6.07, 6.45) is 2.32. The summed E-state index contributed by atoms with van der Waals surface area (Å²) in [5.74, 6) is -3.38. The summed E-state index contributed by atoms with van der Waals surface area (Å²) in [6.45, 7) is 1.67. The number of sulfonamides is 1. The molecule has 0 aromatic heterocycles. The molecule has 1 rings (SSSR count). The van der Waals surface area contributed by atoms with E-state index >= 15 is 0 Å². The Kier molecular flexibility index (Phi) is 5.27. The van der Waals surface area contributed by atoms with Crippen molar-refractivity contribution in [2.75, 3.05) is 6.54 Å². The number of hydrogen-bond acceptors (Lipinski definition) is 3. The van der Waals surface area contributed by atoms with Crippen LogP contribution in [-0.2, 0) is 10.0 Å². The molecule has 4 nitrogen and oxygen atoms in total. The third-order valence-corrected chi connectivity index (χ3v) is 4.57. The molecule has 0 aliphatic carbocycles. The van der Waals surface area contributed by atoms with Crippen molar-refractivity contribution in [2.45, 2.75) is 56.9 Å². The van der Waals surface area contributed by atoms with E-state index in [-0.39, 0.29) is 13.0 Å². The van der Waals surface area contributed by atoms with Crippen LogP contribution in [0.5, 0.6) is 0 Å². The molecule has 1 N–H and O–H groups in total. The van der Waals surface area contributed by atoms with Gasteiger partial charge < -0.3 is 5.11 Å². The van der Waals surface area contributed by atoms with Crippen molar-refractivity contribution in [1.82, 2.24) is 4.31 Å². The van der Waals surface area contributed by atoms with E-state index < -0.39 is 27.9 Å². The van der Waals surface area contributed by atoms with E-state index in [9.17, 15) is 22.3 Å². The molecular weight excluding hydrogens is 252 g/mol. The van der Waals surface area contributed by atoms with Crippen LogP contribution >= 0.6 is 0 Å². The first-order valence-electron chi connectivity index (χ1n) is 5.82. The predicted molar refractivity (Wildman–Crippen MR) is 60.2 cm³/mol. The van der Waals surface area contributed by atoms with E-state index in [1.54, 1.807) is 0 Å². The second kappa shape index (κ2) is 6.06. The molecule has 1 aliphatic heterocycles. The first-order valence-corrected chi connectivity index (χ1v) is 7.33. The standard InChI is InChI=1S/C10H19F2NO3S/c1-8(14)7-9-5-3-2-4-6-13(9)17(15,16)10(11)12/h8-10,14H,2-7H2,1H3. The number of alkyl halides is 2. The van der Waals surface area contributed by atoms with Gasteiger partial charge in [0.2, 0.25) is 0 Å². The molecule has 0 aromatic carbocycles. The van der Waals surface area contributed by atoms with Gasteiger partial charge in [0.25, 0.3) is 10.0 Å². The number of hydrogen-bond donors (Lipinski definition) is 1. The average Bonchev–Trinajstić information content (AvgIpc) is 2.42. The fourth-order valence-corrected chi connectivity index (χ4v) is 3.41. The topological polar surface area (TPSA) is 57.6 Å². The summed E-state index contributed by atoms with van der Waals surface area (Å²) < 4.78 is 49.0. The van der Waals surface area contributed by atoms with Crippen molar-refractivity contribution < 1.29 is 22.3 Å². The van der Waals surface area contributed by atoms with Gasteiger partial charge in [-0.2, -0.15) is 13.1 Å². The highest BCUT2D eigenvalue weighted by Crippen LogP contribution is 2.26. The second-order valence-electron chi connectivity index (χ2n) is 4.50. The summed E-state index contributed by atoms with van der Waals surface area (Å²) in [4.78, 5) is 0. The Bertz CT molecular complexity index is 332. The molecule has 2 unspecified atom stereocenters. The molecule has 0 spiro atoms. The number of halogens is 2. The number of aliphatic hydroxyl groups excluding tert-OH is 1. The third-order valence-electron chi connectivity index (χ3n) is 2.99. The highest BCUT2D eigenvalue weighted by molar-refractivity contribution is 7.89. The number of aliphatic hydroxyl groups is 1. The minimum absolute atomic E-state index is 0.129. The molecule has 0 radical (unpaired) electrons. The molecule has 1 fully saturated rings. The second-order valence-corrected chi connectivity index (χ2v) is 6.36. The highest BCUT2D eigenvalue weighted by Gasteiger charge is 2.37. The first kappa shape index (κ1) is 14.8. The van der Waals surface area contributed by atoms with E-state index in [0.717, 1.165) is 17.1 Å². The van der Waals surface area contributed by atoms with Gasteiger partial charge in [-0.05, 0) is 26.2 Å². The Morgan fingerprint density at radius 3 is 2.53 bits per heavy atom. The largest absolute Gasteiger partial charge is 0.393 e. The summed E-state index contributed by atoms with van der Waals surface area (Å²) in [5.41, 5.74) is 0. The van der Waals surface area contributed by atoms with Gasteiger partial charge in [-0.3, -0.25) is 0 Å². The van der Waals surface area contributed by atoms with Crippen molar-refractivity contribution in [3.05, 3.63) is 0 Å². The molecule has 7 heteroatoms. The zero-order valence-electron chi connectivity index (χ0n) is 9.85. The zero-order valence-corrected chi connectivity index (χ0v) is 10.7. The summed E-state index contributed by atoms with van der Waals surface area (Å²) in [5, 5.41) is 9.31. The summed E-state index contributed by atoms with van der Waals surface area (Å²) in [6, 6.07) is -0.503. The van der Waals surface area contributed by atoms with Crippen molar-refractivity contribution in [1.29, 1.82) is 0 Å². The zero-order chi connectivity index (χ0) is 13.1. The van der Waals surface area contributed by atoms with Crippen molar-refractivity contribution in [3.63, 3.8) is 0 Å². The molecule has 102 valence electrons. The van der Waals surface area contributed by atoms with Crippen LogP contribution in [0.1, 0.15) is 39.0 Å². The van der Waals surface area contributed by atoms with Crippen molar-refractivity contribution >= 4 is 10.0 Å². The fourth-order valence-electron chi connectivity index (χ4n) is 2.22. The van der Waals surface area contributed by atoms with E-state index in [1.165, 1.54) is 6.92 Å². The lowest BCUT2D eigenvalue weighted by Gasteiger charge is -2.29. The summed E-state index contributed by atoms with van der Waals surface area (Å²) >= 11 is 0. The van der Waals surface area contributed by atoms with Gasteiger partial charge in [0, 0.05) is 12.6 Å². The first-order chi connectivity index (χ1) is 7.85. The Morgan fingerprint density at radius 2 is 2.00 bits per heavy atom. The van der Waals surface area contributed by atoms with Crippen LogP contribution in [0, 0.1) is 0 Å². The van der Waals surface area contributed by atoms with E-state index in [2.05, 4.69) is 0 Å². The van der Waals surface area contributed by atoms with Gasteiger partial charge >= 0.3 is 5.76 Å². The van der Waals surface area contributed by atoms with Gasteiger partial charge in [-0.15, -0.1) is 0 Å². The van der Waals surface area contributed by atoms with Gasteiger partial charge in [0.05, 0.1) is 6.10 Å². The van der Waals surface area contributed by atoms with Gasteiger partial charge in [0.1, 0.15) is 0 Å². The van der Waals surface area contributed by atoms with Crippen LogP contribution in [0.3, 0.4) is 0 Å². The minimum atomic E-state index is -4.53. The van der Waals surface area contributed by atoms with Crippen LogP contribution in [0.2, 0.25) is 0 Å². The van der Waals surface area contributed by atoms with Crippen molar-refractivity contribution in [2.24, 2.45) is 0 Å². The monoisotopic (exact) mass is 271 g/mol. The average molecular weight is 271 g/mol. The van der Waals surface area contributed by atoms with E-state index in [4.69, 9.17) is 0 Å². The lowest BCUT2D eigenvalue weighted by molar-refractivity contribution is 0.140. The van der Waals surface area contributed by atoms with E-state index in [1.807, 2.05) is 0 Å².